The third-order valence-corrected chi connectivity index (χ3v) is 6.05. The number of aromatic nitrogens is 2. The standard InChI is InChI=1S/C22H20F2N6O4S.Na/c1-3-20(31)30-35(32,33)19-11-15(5-4-13(19)2)28-22-26-12-17(24)21(29-22)27-14-6-7-18(16(23)10-14)34-9-8-25;/h4-7,10-12H,3,9H2,1-2H3,(H,30,31)(H2,26,27,28,29);. The number of hydrogen-bond donors (Lipinski definition) is 3. The maximum Gasteiger partial charge on any atom is 0.264 e. The van der Waals surface area contributed by atoms with Gasteiger partial charge in [0.25, 0.3) is 10.0 Å². The van der Waals surface area contributed by atoms with Crippen LogP contribution in [0.3, 0.4) is 0 Å². The van der Waals surface area contributed by atoms with Gasteiger partial charge in [-0.15, -0.1) is 0 Å². The van der Waals surface area contributed by atoms with Crippen LogP contribution in [0.1, 0.15) is 18.9 Å². The normalized spacial score (nSPS) is 10.5. The number of sulfonamides is 1. The number of carbonyl (C=O) groups is 1. The number of ether oxygens (including phenoxy) is 1. The maximum atomic E-state index is 14.3. The van der Waals surface area contributed by atoms with Gasteiger partial charge in [0, 0.05) is 53.4 Å². The fourth-order valence-electron chi connectivity index (χ4n) is 2.83. The van der Waals surface area contributed by atoms with E-state index in [-0.39, 0.29) is 76.4 Å². The molecule has 1 amide bonds. The van der Waals surface area contributed by atoms with E-state index >= 15 is 0 Å². The molecule has 2 aromatic carbocycles. The zero-order chi connectivity index (χ0) is 25.6. The molecule has 0 saturated carbocycles. The zero-order valence-corrected chi connectivity index (χ0v) is 22.4. The molecule has 183 valence electrons. The predicted octanol–water partition coefficient (Wildman–Crippen LogP) is 3.29. The van der Waals surface area contributed by atoms with Gasteiger partial charge >= 0.3 is 0 Å². The third-order valence-electron chi connectivity index (χ3n) is 4.53. The average molecular weight is 525 g/mol. The van der Waals surface area contributed by atoms with E-state index < -0.39 is 27.6 Å². The minimum atomic E-state index is -4.10. The van der Waals surface area contributed by atoms with Crippen molar-refractivity contribution >= 4 is 68.6 Å². The van der Waals surface area contributed by atoms with Crippen LogP contribution in [-0.2, 0) is 14.8 Å². The van der Waals surface area contributed by atoms with Crippen molar-refractivity contribution in [2.24, 2.45) is 0 Å². The van der Waals surface area contributed by atoms with Gasteiger partial charge in [-0.2, -0.15) is 10.2 Å². The molecule has 0 bridgehead atoms. The summed E-state index contributed by atoms with van der Waals surface area (Å²) in [6.07, 6.45) is 0.876. The number of hydrogen-bond acceptors (Lipinski definition) is 9. The second-order valence-electron chi connectivity index (χ2n) is 7.09. The van der Waals surface area contributed by atoms with Gasteiger partial charge in [-0.3, -0.25) is 4.79 Å². The molecule has 1 radical (unpaired) electrons. The summed E-state index contributed by atoms with van der Waals surface area (Å²) in [7, 11) is -4.10. The van der Waals surface area contributed by atoms with Crippen LogP contribution in [0.4, 0.5) is 31.9 Å². The minimum Gasteiger partial charge on any atom is -0.476 e. The second kappa shape index (κ2) is 12.6. The van der Waals surface area contributed by atoms with Gasteiger partial charge in [-0.1, -0.05) is 13.0 Å². The Labute approximate surface area is 228 Å². The van der Waals surface area contributed by atoms with Crippen LogP contribution in [0.5, 0.6) is 5.75 Å². The van der Waals surface area contributed by atoms with Crippen molar-refractivity contribution in [3.63, 3.8) is 0 Å². The van der Waals surface area contributed by atoms with E-state index in [9.17, 15) is 22.0 Å². The van der Waals surface area contributed by atoms with Crippen molar-refractivity contribution in [2.75, 3.05) is 17.2 Å². The fourth-order valence-corrected chi connectivity index (χ4v) is 4.16. The number of aryl methyl sites for hydroxylation is 1. The second-order valence-corrected chi connectivity index (χ2v) is 8.75. The first-order valence-electron chi connectivity index (χ1n) is 10.1. The maximum absolute atomic E-state index is 14.3. The quantitative estimate of drug-likeness (QED) is 0.358. The van der Waals surface area contributed by atoms with Crippen molar-refractivity contribution in [1.29, 1.82) is 5.26 Å². The molecule has 0 aliphatic carbocycles. The number of carbonyl (C=O) groups excluding carboxylic acids is 1. The fraction of sp³-hybridized carbons (Fsp3) is 0.182. The molecule has 1 heterocycles. The largest absolute Gasteiger partial charge is 0.476 e. The van der Waals surface area contributed by atoms with Gasteiger partial charge in [0.15, 0.2) is 29.8 Å². The summed E-state index contributed by atoms with van der Waals surface area (Å²) in [6.45, 7) is 2.77. The summed E-state index contributed by atoms with van der Waals surface area (Å²) in [5.74, 6) is -2.72. The smallest absolute Gasteiger partial charge is 0.264 e. The van der Waals surface area contributed by atoms with E-state index in [4.69, 9.17) is 10.00 Å². The Hall–Kier alpha value is -3.31. The summed E-state index contributed by atoms with van der Waals surface area (Å²) in [5, 5.41) is 13.9. The first-order chi connectivity index (χ1) is 16.6. The molecule has 0 aliphatic heterocycles. The van der Waals surface area contributed by atoms with Gasteiger partial charge < -0.3 is 15.4 Å². The molecule has 3 N–H and O–H groups in total. The first-order valence-corrected chi connectivity index (χ1v) is 11.6. The number of nitrogens with one attached hydrogen (secondary N) is 3. The number of rotatable bonds is 9. The van der Waals surface area contributed by atoms with Crippen molar-refractivity contribution < 1.29 is 26.7 Å². The topological polar surface area (TPSA) is 146 Å². The van der Waals surface area contributed by atoms with Crippen molar-refractivity contribution in [2.45, 2.75) is 25.2 Å². The summed E-state index contributed by atoms with van der Waals surface area (Å²) in [6, 6.07) is 9.83. The monoisotopic (exact) mass is 525 g/mol. The van der Waals surface area contributed by atoms with E-state index in [1.165, 1.54) is 31.2 Å². The Balaban J connectivity index is 0.00000456. The minimum absolute atomic E-state index is 0. The molecule has 3 rings (SSSR count). The van der Waals surface area contributed by atoms with Crippen LogP contribution >= 0.6 is 0 Å². The van der Waals surface area contributed by atoms with E-state index in [1.54, 1.807) is 19.1 Å². The molecule has 0 saturated heterocycles. The Bertz CT molecular complexity index is 1420. The summed E-state index contributed by atoms with van der Waals surface area (Å²) in [5.41, 5.74) is 0.826. The van der Waals surface area contributed by atoms with Crippen molar-refractivity contribution in [3.05, 3.63) is 59.8 Å². The molecule has 3 aromatic rings. The first kappa shape index (κ1) is 28.9. The Morgan fingerprint density at radius 2 is 1.81 bits per heavy atom. The van der Waals surface area contributed by atoms with Crippen molar-refractivity contribution in [3.8, 4) is 11.8 Å². The Kier molecular flexibility index (Phi) is 10.1. The predicted molar refractivity (Wildman–Crippen MR) is 129 cm³/mol. The molecule has 0 fully saturated rings. The van der Waals surface area contributed by atoms with E-state index in [1.807, 2.05) is 4.72 Å². The number of anilines is 4. The Morgan fingerprint density at radius 1 is 1.11 bits per heavy atom. The zero-order valence-electron chi connectivity index (χ0n) is 19.6. The molecule has 0 spiro atoms. The van der Waals surface area contributed by atoms with Gasteiger partial charge in [-0.05, 0) is 36.8 Å². The van der Waals surface area contributed by atoms with Crippen LogP contribution < -0.4 is 20.1 Å². The van der Waals surface area contributed by atoms with E-state index in [2.05, 4.69) is 20.6 Å². The number of halogens is 2. The van der Waals surface area contributed by atoms with Crippen LogP contribution in [0.15, 0.2) is 47.5 Å². The average Bonchev–Trinajstić information content (AvgIpc) is 2.81. The number of amides is 1. The molecule has 36 heavy (non-hydrogen) atoms. The van der Waals surface area contributed by atoms with Gasteiger partial charge in [0.1, 0.15) is 6.07 Å². The van der Waals surface area contributed by atoms with Crippen molar-refractivity contribution in [1.82, 2.24) is 14.7 Å². The molecule has 0 aliphatic rings. The van der Waals surface area contributed by atoms with Crippen LogP contribution in [0.25, 0.3) is 0 Å². The van der Waals surface area contributed by atoms with Crippen LogP contribution in [0.2, 0.25) is 0 Å². The molecule has 10 nitrogen and oxygen atoms in total. The van der Waals surface area contributed by atoms with Gasteiger partial charge in [0.05, 0.1) is 11.1 Å². The molecular weight excluding hydrogens is 505 g/mol. The molecule has 14 heteroatoms. The number of nitrogens with zero attached hydrogens (tertiary/aromatic N) is 3. The number of nitriles is 1. The van der Waals surface area contributed by atoms with E-state index in [0.717, 1.165) is 12.3 Å². The Morgan fingerprint density at radius 3 is 2.47 bits per heavy atom. The number of benzene rings is 2. The van der Waals surface area contributed by atoms with E-state index in [0.29, 0.717) is 5.56 Å². The van der Waals surface area contributed by atoms with Gasteiger partial charge in [-0.25, -0.2) is 26.9 Å². The molecular formula is C22H20F2N6NaO4S. The SMILES string of the molecule is CCC(=O)NS(=O)(=O)c1cc(Nc2ncc(F)c(Nc3ccc(OCC#N)c(F)c3)n2)ccc1C.[Na]. The van der Waals surface area contributed by atoms with Gasteiger partial charge in [0.2, 0.25) is 11.9 Å². The molecule has 0 atom stereocenters. The van der Waals surface area contributed by atoms with Crippen LogP contribution in [-0.4, -0.2) is 60.5 Å². The summed E-state index contributed by atoms with van der Waals surface area (Å²) < 4.78 is 60.4. The third kappa shape index (κ3) is 7.34. The molecule has 0 unspecified atom stereocenters. The summed E-state index contributed by atoms with van der Waals surface area (Å²) >= 11 is 0. The summed E-state index contributed by atoms with van der Waals surface area (Å²) in [4.78, 5) is 19.3. The van der Waals surface area contributed by atoms with Crippen LogP contribution in [0, 0.1) is 29.9 Å². The molecule has 1 aromatic heterocycles.